The van der Waals surface area contributed by atoms with E-state index in [-0.39, 0.29) is 10.9 Å². The number of nitrogens with two attached hydrogens (primary N) is 1. The number of carbonyl (C=O) groups is 1. The molecule has 1 aromatic rings. The molecular weight excluding hydrogens is 256 g/mol. The van der Waals surface area contributed by atoms with Crippen LogP contribution in [0.15, 0.2) is 24.3 Å². The zero-order chi connectivity index (χ0) is 14.0. The van der Waals surface area contributed by atoms with E-state index in [1.807, 2.05) is 11.0 Å². The highest BCUT2D eigenvalue weighted by molar-refractivity contribution is 7.80. The number of amides is 1. The predicted octanol–water partition coefficient (Wildman–Crippen LogP) is 2.27. The van der Waals surface area contributed by atoms with Crippen LogP contribution in [0.2, 0.25) is 0 Å². The third kappa shape index (κ3) is 2.78. The Labute approximate surface area is 119 Å². The molecule has 1 heterocycles. The molecule has 0 aromatic heterocycles. The second kappa shape index (κ2) is 5.29. The van der Waals surface area contributed by atoms with Crippen LogP contribution in [0.4, 0.5) is 0 Å². The molecular formula is C15H20N2OS. The molecule has 2 N–H and O–H groups in total. The number of thiocarbonyl (C=S) groups is 1. The fourth-order valence-corrected chi connectivity index (χ4v) is 2.46. The number of fused-ring (bicyclic) bond motifs is 1. The van der Waals surface area contributed by atoms with Crippen LogP contribution in [0.5, 0.6) is 0 Å². The van der Waals surface area contributed by atoms with Crippen molar-refractivity contribution in [1.82, 2.24) is 4.90 Å². The zero-order valence-corrected chi connectivity index (χ0v) is 12.3. The highest BCUT2D eigenvalue weighted by Crippen LogP contribution is 2.24. The van der Waals surface area contributed by atoms with Gasteiger partial charge in [0.2, 0.25) is 5.91 Å². The fourth-order valence-electron chi connectivity index (χ4n) is 2.37. The van der Waals surface area contributed by atoms with Crippen molar-refractivity contribution in [3.63, 3.8) is 0 Å². The van der Waals surface area contributed by atoms with E-state index >= 15 is 0 Å². The molecule has 0 unspecified atom stereocenters. The number of rotatable bonds is 2. The Morgan fingerprint density at radius 2 is 1.95 bits per heavy atom. The van der Waals surface area contributed by atoms with Gasteiger partial charge in [-0.1, -0.05) is 36.5 Å². The van der Waals surface area contributed by atoms with Gasteiger partial charge in [0.15, 0.2) is 0 Å². The maximum Gasteiger partial charge on any atom is 0.235 e. The van der Waals surface area contributed by atoms with Gasteiger partial charge in [0, 0.05) is 13.1 Å². The van der Waals surface area contributed by atoms with Crippen LogP contribution in [0.25, 0.3) is 0 Å². The maximum atomic E-state index is 12.6. The summed E-state index contributed by atoms with van der Waals surface area (Å²) in [6, 6.07) is 8.30. The topological polar surface area (TPSA) is 46.3 Å². The number of nitrogens with zero attached hydrogens (tertiary/aromatic N) is 1. The number of carbonyl (C=O) groups excluding carboxylic acids is 1. The average molecular weight is 276 g/mol. The van der Waals surface area contributed by atoms with Crippen LogP contribution in [0.3, 0.4) is 0 Å². The van der Waals surface area contributed by atoms with Crippen LogP contribution in [-0.2, 0) is 17.8 Å². The van der Waals surface area contributed by atoms with Crippen molar-refractivity contribution >= 4 is 23.1 Å². The summed E-state index contributed by atoms with van der Waals surface area (Å²) < 4.78 is 0. The van der Waals surface area contributed by atoms with E-state index in [4.69, 9.17) is 18.0 Å². The van der Waals surface area contributed by atoms with E-state index in [0.717, 1.165) is 19.4 Å². The smallest absolute Gasteiger partial charge is 0.235 e. The molecule has 19 heavy (non-hydrogen) atoms. The van der Waals surface area contributed by atoms with Gasteiger partial charge in [0.25, 0.3) is 0 Å². The first kappa shape index (κ1) is 14.0. The van der Waals surface area contributed by atoms with Crippen LogP contribution in [-0.4, -0.2) is 22.3 Å². The van der Waals surface area contributed by atoms with E-state index in [9.17, 15) is 4.79 Å². The molecule has 102 valence electrons. The molecule has 0 aliphatic carbocycles. The molecule has 1 amide bonds. The highest BCUT2D eigenvalue weighted by Gasteiger charge is 2.35. The van der Waals surface area contributed by atoms with E-state index in [1.165, 1.54) is 11.1 Å². The number of hydrogen-bond acceptors (Lipinski definition) is 2. The van der Waals surface area contributed by atoms with E-state index in [2.05, 4.69) is 18.2 Å². The lowest BCUT2D eigenvalue weighted by molar-refractivity contribution is -0.137. The minimum absolute atomic E-state index is 0.0247. The molecule has 0 saturated heterocycles. The molecule has 0 radical (unpaired) electrons. The molecule has 0 atom stereocenters. The second-order valence-electron chi connectivity index (χ2n) is 5.59. The van der Waals surface area contributed by atoms with Gasteiger partial charge in [0.1, 0.15) is 0 Å². The quantitative estimate of drug-likeness (QED) is 0.843. The average Bonchev–Trinajstić information content (AvgIpc) is 2.59. The first-order chi connectivity index (χ1) is 8.93. The molecule has 2 rings (SSSR count). The molecule has 1 aliphatic rings. The van der Waals surface area contributed by atoms with Gasteiger partial charge in [-0.15, -0.1) is 0 Å². The normalized spacial score (nSPS) is 15.6. The van der Waals surface area contributed by atoms with Gasteiger partial charge in [-0.05, 0) is 37.8 Å². The Hall–Kier alpha value is -1.42. The van der Waals surface area contributed by atoms with Crippen molar-refractivity contribution < 1.29 is 4.79 Å². The predicted molar refractivity (Wildman–Crippen MR) is 80.7 cm³/mol. The van der Waals surface area contributed by atoms with Crippen LogP contribution in [0, 0.1) is 5.41 Å². The van der Waals surface area contributed by atoms with Crippen LogP contribution < -0.4 is 5.73 Å². The van der Waals surface area contributed by atoms with Gasteiger partial charge in [0.05, 0.1) is 10.4 Å². The van der Waals surface area contributed by atoms with Crippen LogP contribution >= 0.6 is 12.2 Å². The maximum absolute atomic E-state index is 12.6. The third-order valence-corrected chi connectivity index (χ3v) is 4.30. The van der Waals surface area contributed by atoms with Crippen molar-refractivity contribution in [2.75, 3.05) is 6.54 Å². The summed E-state index contributed by atoms with van der Waals surface area (Å²) in [5.74, 6) is 0.0247. The lowest BCUT2D eigenvalue weighted by atomic mass is 9.91. The Bertz CT molecular complexity index is 511. The summed E-state index contributed by atoms with van der Waals surface area (Å²) in [7, 11) is 0. The zero-order valence-electron chi connectivity index (χ0n) is 11.5. The minimum Gasteiger partial charge on any atom is -0.392 e. The molecule has 0 fully saturated rings. The van der Waals surface area contributed by atoms with Gasteiger partial charge in [-0.25, -0.2) is 0 Å². The number of hydrogen-bond donors (Lipinski definition) is 1. The molecule has 0 bridgehead atoms. The van der Waals surface area contributed by atoms with E-state index in [0.29, 0.717) is 6.54 Å². The summed E-state index contributed by atoms with van der Waals surface area (Å²) >= 11 is 5.02. The lowest BCUT2D eigenvalue weighted by Crippen LogP contribution is -2.46. The van der Waals surface area contributed by atoms with Crippen molar-refractivity contribution in [3.8, 4) is 0 Å². The largest absolute Gasteiger partial charge is 0.392 e. The summed E-state index contributed by atoms with van der Waals surface area (Å²) in [5.41, 5.74) is 7.49. The van der Waals surface area contributed by atoms with Gasteiger partial charge < -0.3 is 10.6 Å². The van der Waals surface area contributed by atoms with Crippen LogP contribution in [0.1, 0.15) is 31.4 Å². The molecule has 3 nitrogen and oxygen atoms in total. The lowest BCUT2D eigenvalue weighted by Gasteiger charge is -2.30. The van der Waals surface area contributed by atoms with E-state index in [1.54, 1.807) is 13.8 Å². The molecule has 4 heteroatoms. The monoisotopic (exact) mass is 276 g/mol. The number of benzene rings is 1. The highest BCUT2D eigenvalue weighted by atomic mass is 32.1. The summed E-state index contributed by atoms with van der Waals surface area (Å²) in [4.78, 5) is 14.7. The Morgan fingerprint density at radius 3 is 2.58 bits per heavy atom. The summed E-state index contributed by atoms with van der Waals surface area (Å²) in [5, 5.41) is 0. The van der Waals surface area contributed by atoms with E-state index < -0.39 is 5.41 Å². The minimum atomic E-state index is -0.769. The first-order valence-electron chi connectivity index (χ1n) is 6.59. The Kier molecular flexibility index (Phi) is 3.90. The van der Waals surface area contributed by atoms with Crippen molar-refractivity contribution in [1.29, 1.82) is 0 Å². The number of aryl methyl sites for hydroxylation is 1. The first-order valence-corrected chi connectivity index (χ1v) is 7.00. The van der Waals surface area contributed by atoms with Gasteiger partial charge in [-0.2, -0.15) is 0 Å². The molecule has 1 aliphatic heterocycles. The Morgan fingerprint density at radius 1 is 1.32 bits per heavy atom. The fraction of sp³-hybridized carbons (Fsp3) is 0.467. The second-order valence-corrected chi connectivity index (χ2v) is 6.03. The molecule has 1 aromatic carbocycles. The van der Waals surface area contributed by atoms with Crippen molar-refractivity contribution in [2.45, 2.75) is 33.2 Å². The molecule has 0 spiro atoms. The van der Waals surface area contributed by atoms with Crippen molar-refractivity contribution in [2.24, 2.45) is 11.1 Å². The molecule has 0 saturated carbocycles. The summed E-state index contributed by atoms with van der Waals surface area (Å²) in [6.45, 7) is 5.02. The van der Waals surface area contributed by atoms with Crippen molar-refractivity contribution in [3.05, 3.63) is 35.4 Å². The Balaban J connectivity index is 2.24. The third-order valence-electron chi connectivity index (χ3n) is 3.79. The van der Waals surface area contributed by atoms with Gasteiger partial charge >= 0.3 is 0 Å². The standard InChI is InChI=1S/C15H20N2OS/c1-15(2,13(16)19)14(18)17-9-5-8-11-6-3-4-7-12(11)10-17/h3-4,6-7H,5,8-10H2,1-2H3,(H2,16,19). The van der Waals surface area contributed by atoms with Gasteiger partial charge in [-0.3, -0.25) is 4.79 Å². The SMILES string of the molecule is CC(C)(C(=O)N1CCCc2ccccc2C1)C(N)=S. The summed E-state index contributed by atoms with van der Waals surface area (Å²) in [6.07, 6.45) is 2.00.